The van der Waals surface area contributed by atoms with E-state index >= 15 is 0 Å². The van der Waals surface area contributed by atoms with Gasteiger partial charge in [0.2, 0.25) is 0 Å². The SMILES string of the molecule is [3H]/C(PCC[CH2-])=C(\[CH2-])F.[Y]. The van der Waals surface area contributed by atoms with E-state index in [1.165, 1.54) is 0 Å². The number of hydrogen-bond donors (Lipinski definition) is 0. The van der Waals surface area contributed by atoms with Gasteiger partial charge in [-0.2, -0.15) is 20.8 Å². The summed E-state index contributed by atoms with van der Waals surface area (Å²) in [6.45, 7) is 6.58. The molecule has 0 nitrogen and oxygen atoms in total. The maximum atomic E-state index is 12.0. The molecule has 0 aromatic rings. The quantitative estimate of drug-likeness (QED) is 0.509. The van der Waals surface area contributed by atoms with E-state index in [-0.39, 0.29) is 47.1 Å². The molecule has 0 aliphatic heterocycles. The van der Waals surface area contributed by atoms with E-state index in [9.17, 15) is 4.39 Å². The molecule has 9 heavy (non-hydrogen) atoms. The molecule has 0 amide bonds. The Morgan fingerprint density at radius 1 is 1.89 bits per heavy atom. The average Bonchev–Trinajstić information content (AvgIpc) is 1.82. The van der Waals surface area contributed by atoms with Crippen LogP contribution in [0.3, 0.4) is 0 Å². The fourth-order valence-corrected chi connectivity index (χ4v) is 0.740. The third-order valence-corrected chi connectivity index (χ3v) is 1.58. The van der Waals surface area contributed by atoms with Crippen molar-refractivity contribution in [3.8, 4) is 0 Å². The second kappa shape index (κ2) is 9.07. The van der Waals surface area contributed by atoms with Gasteiger partial charge in [0.1, 0.15) is 0 Å². The molecule has 1 radical (unpaired) electrons. The summed E-state index contributed by atoms with van der Waals surface area (Å²) < 4.78 is 18.9. The Kier molecular flexibility index (Phi) is 10.2. The standard InChI is InChI=1S/C6H10FP.Y/c1-3-4-8-5-6(2)7;/h5,8H,1-4H2;/q-2;/b6-5-;/i5T;. The zero-order valence-corrected chi connectivity index (χ0v) is 9.12. The second-order valence-corrected chi connectivity index (χ2v) is 2.41. The molecule has 0 N–H and O–H groups in total. The molecule has 0 aliphatic rings. The summed E-state index contributed by atoms with van der Waals surface area (Å²) in [4.78, 5) is 0. The Labute approximate surface area is 84.7 Å². The smallest absolute Gasteiger partial charge is 0 e. The summed E-state index contributed by atoms with van der Waals surface area (Å²) in [6, 6.07) is 0. The van der Waals surface area contributed by atoms with Crippen molar-refractivity contribution in [3.63, 3.8) is 0 Å². The molecular formula is C6H10FPY-2. The molecule has 0 bridgehead atoms. The predicted octanol–water partition coefficient (Wildman–Crippen LogP) is 2.53. The average molecular weight is 223 g/mol. The van der Waals surface area contributed by atoms with Crippen molar-refractivity contribution in [2.24, 2.45) is 0 Å². The fourth-order valence-electron chi connectivity index (χ4n) is 0.247. The van der Waals surface area contributed by atoms with Crippen molar-refractivity contribution >= 4 is 8.58 Å². The third kappa shape index (κ3) is 12.3. The first-order valence-electron chi connectivity index (χ1n) is 2.90. The molecule has 1 unspecified atom stereocenters. The summed E-state index contributed by atoms with van der Waals surface area (Å²) >= 11 is 0. The Morgan fingerprint density at radius 3 is 2.78 bits per heavy atom. The monoisotopic (exact) mass is 223 g/mol. The molecule has 0 aromatic carbocycles. The molecule has 3 heteroatoms. The van der Waals surface area contributed by atoms with Crippen LogP contribution in [0.2, 0.25) is 0 Å². The maximum absolute atomic E-state index is 12.0. The summed E-state index contributed by atoms with van der Waals surface area (Å²) in [5, 5.41) is 0. The van der Waals surface area contributed by atoms with Crippen molar-refractivity contribution in [1.82, 2.24) is 0 Å². The fraction of sp³-hybridized carbons (Fsp3) is 0.333. The van der Waals surface area contributed by atoms with Crippen LogP contribution in [0.5, 0.6) is 0 Å². The van der Waals surface area contributed by atoms with Gasteiger partial charge in [0.05, 0.1) is 0 Å². The molecule has 0 spiro atoms. The summed E-state index contributed by atoms with van der Waals surface area (Å²) in [5.41, 5.74) is 0. The van der Waals surface area contributed by atoms with Crippen LogP contribution in [0.1, 0.15) is 7.79 Å². The Morgan fingerprint density at radius 2 is 2.44 bits per heavy atom. The number of halogens is 1. The number of allylic oxidation sites excluding steroid dienone is 1. The van der Waals surface area contributed by atoms with Gasteiger partial charge in [0.15, 0.2) is 0 Å². The van der Waals surface area contributed by atoms with E-state index < -0.39 is 5.83 Å². The minimum Gasteiger partial charge on any atom is -0.343 e. The zero-order valence-electron chi connectivity index (χ0n) is 6.28. The van der Waals surface area contributed by atoms with Gasteiger partial charge >= 0.3 is 0 Å². The van der Waals surface area contributed by atoms with Gasteiger partial charge in [-0.05, 0) is 5.83 Å². The molecule has 0 saturated heterocycles. The molecule has 0 heterocycles. The second-order valence-electron chi connectivity index (χ2n) is 1.31. The Hall–Kier alpha value is 1.07. The van der Waals surface area contributed by atoms with Crippen LogP contribution in [0.25, 0.3) is 0 Å². The van der Waals surface area contributed by atoms with Crippen LogP contribution >= 0.6 is 8.58 Å². The van der Waals surface area contributed by atoms with Crippen LogP contribution in [0.4, 0.5) is 4.39 Å². The first kappa shape index (κ1) is 10.1. The van der Waals surface area contributed by atoms with Crippen molar-refractivity contribution < 1.29 is 38.5 Å². The van der Waals surface area contributed by atoms with Crippen molar-refractivity contribution in [2.45, 2.75) is 6.42 Å². The summed E-state index contributed by atoms with van der Waals surface area (Å²) in [7, 11) is 0.233. The van der Waals surface area contributed by atoms with Crippen LogP contribution in [-0.4, -0.2) is 6.16 Å². The van der Waals surface area contributed by atoms with Gasteiger partial charge in [0, 0.05) is 32.7 Å². The van der Waals surface area contributed by atoms with Crippen molar-refractivity contribution in [1.29, 1.82) is 0 Å². The Bertz CT molecular complexity index is 112. The van der Waals surface area contributed by atoms with E-state index in [0.29, 0.717) is 0 Å². The normalized spacial score (nSPS) is 14.7. The van der Waals surface area contributed by atoms with Gasteiger partial charge in [-0.3, -0.25) is 0 Å². The summed E-state index contributed by atoms with van der Waals surface area (Å²) in [6.07, 6.45) is 1.55. The van der Waals surface area contributed by atoms with Crippen LogP contribution in [-0.2, 0) is 32.7 Å². The predicted molar refractivity (Wildman–Crippen MR) is 37.7 cm³/mol. The van der Waals surface area contributed by atoms with Gasteiger partial charge in [-0.1, -0.05) is 7.53 Å². The minimum atomic E-state index is -0.609. The van der Waals surface area contributed by atoms with Crippen molar-refractivity contribution in [3.05, 3.63) is 25.5 Å². The molecule has 1 atom stereocenters. The van der Waals surface area contributed by atoms with Gasteiger partial charge in [-0.25, -0.2) is 11.3 Å². The molecule has 0 rings (SSSR count). The minimum absolute atomic E-state index is 0. The third-order valence-electron chi connectivity index (χ3n) is 0.526. The first-order chi connectivity index (χ1) is 4.18. The molecule has 0 aliphatic carbocycles. The van der Waals surface area contributed by atoms with E-state index in [1.54, 1.807) is 0 Å². The maximum Gasteiger partial charge on any atom is 0 e. The van der Waals surface area contributed by atoms with E-state index in [0.717, 1.165) is 12.6 Å². The zero-order chi connectivity index (χ0) is 7.28. The van der Waals surface area contributed by atoms with Gasteiger partial charge in [-0.15, -0.1) is 0 Å². The molecular weight excluding hydrogens is 211 g/mol. The van der Waals surface area contributed by atoms with Crippen LogP contribution in [0, 0.1) is 13.8 Å². The van der Waals surface area contributed by atoms with Gasteiger partial charge in [0.25, 0.3) is 0 Å². The Balaban J connectivity index is 0. The topological polar surface area (TPSA) is 0 Å². The molecule has 0 saturated carbocycles. The number of rotatable bonds is 3. The molecule has 0 fully saturated rings. The number of hydrogen-bond acceptors (Lipinski definition) is 0. The van der Waals surface area contributed by atoms with E-state index in [2.05, 4.69) is 13.8 Å². The molecule has 0 aromatic heterocycles. The summed E-state index contributed by atoms with van der Waals surface area (Å²) in [5.74, 6) is -0.583. The van der Waals surface area contributed by atoms with E-state index in [1.807, 2.05) is 0 Å². The van der Waals surface area contributed by atoms with Crippen LogP contribution in [0.15, 0.2) is 11.6 Å². The first-order valence-corrected chi connectivity index (χ1v) is 3.60. The van der Waals surface area contributed by atoms with Crippen LogP contribution < -0.4 is 0 Å². The molecule has 51 valence electrons. The van der Waals surface area contributed by atoms with Gasteiger partial charge < -0.3 is 6.92 Å². The largest absolute Gasteiger partial charge is 0.343 e. The van der Waals surface area contributed by atoms with Crippen molar-refractivity contribution in [2.75, 3.05) is 6.16 Å². The van der Waals surface area contributed by atoms with E-state index in [4.69, 9.17) is 1.37 Å².